The Bertz CT molecular complexity index is 495. The van der Waals surface area contributed by atoms with Gasteiger partial charge in [-0.3, -0.25) is 4.90 Å². The molecule has 0 saturated carbocycles. The van der Waals surface area contributed by atoms with Crippen molar-refractivity contribution in [1.82, 2.24) is 10.2 Å². The fourth-order valence-corrected chi connectivity index (χ4v) is 4.19. The lowest BCUT2D eigenvalue weighted by atomic mass is 9.73. The molecule has 1 N–H and O–H groups in total. The van der Waals surface area contributed by atoms with Crippen LogP contribution in [0.4, 0.5) is 0 Å². The van der Waals surface area contributed by atoms with Gasteiger partial charge < -0.3 is 5.32 Å². The summed E-state index contributed by atoms with van der Waals surface area (Å²) in [4.78, 5) is 2.52. The molecule has 0 radical (unpaired) electrons. The quantitative estimate of drug-likeness (QED) is 0.702. The van der Waals surface area contributed by atoms with Gasteiger partial charge in [0.25, 0.3) is 0 Å². The van der Waals surface area contributed by atoms with Gasteiger partial charge in [-0.25, -0.2) is 0 Å². The molecule has 2 aliphatic carbocycles. The van der Waals surface area contributed by atoms with E-state index in [1.807, 2.05) is 0 Å². The summed E-state index contributed by atoms with van der Waals surface area (Å²) in [5.41, 5.74) is 8.34. The Labute approximate surface area is 109 Å². The minimum Gasteiger partial charge on any atom is -0.384 e. The highest BCUT2D eigenvalue weighted by Crippen LogP contribution is 2.47. The van der Waals surface area contributed by atoms with Gasteiger partial charge in [-0.2, -0.15) is 0 Å². The fourth-order valence-electron chi connectivity index (χ4n) is 4.19. The average molecular weight is 242 g/mol. The largest absolute Gasteiger partial charge is 0.384 e. The molecule has 96 valence electrons. The van der Waals surface area contributed by atoms with Crippen molar-refractivity contribution < 1.29 is 0 Å². The molecule has 0 amide bonds. The smallest absolute Gasteiger partial charge is 0.0339 e. The number of nitrogens with one attached hydrogen (secondary N) is 1. The van der Waals surface area contributed by atoms with Crippen molar-refractivity contribution in [1.29, 1.82) is 0 Å². The van der Waals surface area contributed by atoms with Crippen molar-refractivity contribution in [2.75, 3.05) is 20.1 Å². The molecule has 2 heteroatoms. The van der Waals surface area contributed by atoms with E-state index >= 15 is 0 Å². The first-order valence-corrected chi connectivity index (χ1v) is 7.33. The first-order chi connectivity index (χ1) is 8.74. The van der Waals surface area contributed by atoms with Crippen LogP contribution in [0.25, 0.3) is 0 Å². The molecule has 2 aliphatic heterocycles. The van der Waals surface area contributed by atoms with E-state index in [1.165, 1.54) is 44.5 Å². The molecule has 0 aromatic carbocycles. The van der Waals surface area contributed by atoms with Crippen LogP contribution in [-0.2, 0) is 0 Å². The van der Waals surface area contributed by atoms with E-state index < -0.39 is 0 Å². The Morgan fingerprint density at radius 3 is 3.06 bits per heavy atom. The summed E-state index contributed by atoms with van der Waals surface area (Å²) < 4.78 is 0. The number of allylic oxidation sites excluding steroid dienone is 2. The van der Waals surface area contributed by atoms with E-state index in [-0.39, 0.29) is 0 Å². The molecule has 2 nitrogen and oxygen atoms in total. The third kappa shape index (κ3) is 1.38. The lowest BCUT2D eigenvalue weighted by Gasteiger charge is -2.39. The van der Waals surface area contributed by atoms with E-state index in [0.717, 1.165) is 12.0 Å². The van der Waals surface area contributed by atoms with Crippen molar-refractivity contribution in [3.8, 4) is 0 Å². The summed E-state index contributed by atoms with van der Waals surface area (Å²) in [6, 6.07) is 0.721. The second kappa shape index (κ2) is 3.74. The van der Waals surface area contributed by atoms with Crippen molar-refractivity contribution in [3.63, 3.8) is 0 Å². The maximum atomic E-state index is 3.63. The van der Waals surface area contributed by atoms with Gasteiger partial charge >= 0.3 is 0 Å². The van der Waals surface area contributed by atoms with Crippen LogP contribution in [0.15, 0.2) is 34.1 Å². The minimum atomic E-state index is 0.721. The molecule has 18 heavy (non-hydrogen) atoms. The summed E-state index contributed by atoms with van der Waals surface area (Å²) in [6.07, 6.45) is 7.52. The highest BCUT2D eigenvalue weighted by atomic mass is 15.1. The van der Waals surface area contributed by atoms with Crippen molar-refractivity contribution in [3.05, 3.63) is 34.1 Å². The van der Waals surface area contributed by atoms with Crippen molar-refractivity contribution in [2.45, 2.75) is 38.6 Å². The van der Waals surface area contributed by atoms with Crippen LogP contribution < -0.4 is 5.32 Å². The zero-order valence-corrected chi connectivity index (χ0v) is 11.4. The summed E-state index contributed by atoms with van der Waals surface area (Å²) in [6.45, 7) is 4.72. The van der Waals surface area contributed by atoms with Crippen LogP contribution in [0.3, 0.4) is 0 Å². The van der Waals surface area contributed by atoms with E-state index in [9.17, 15) is 0 Å². The highest BCUT2D eigenvalue weighted by Gasteiger charge is 2.38. The first-order valence-electron chi connectivity index (χ1n) is 7.33. The third-order valence-electron chi connectivity index (χ3n) is 5.29. The minimum absolute atomic E-state index is 0.721. The van der Waals surface area contributed by atoms with Gasteiger partial charge in [0, 0.05) is 30.7 Å². The van der Waals surface area contributed by atoms with E-state index in [1.54, 1.807) is 22.3 Å². The number of rotatable bonds is 0. The Balaban J connectivity index is 1.82. The molecular formula is C16H22N2. The molecule has 1 fully saturated rings. The predicted molar refractivity (Wildman–Crippen MR) is 74.2 cm³/mol. The summed E-state index contributed by atoms with van der Waals surface area (Å²) in [5, 5.41) is 3.63. The maximum Gasteiger partial charge on any atom is 0.0339 e. The second-order valence-corrected chi connectivity index (χ2v) is 6.38. The fraction of sp³-hybridized carbons (Fsp3) is 0.625. The van der Waals surface area contributed by atoms with Crippen LogP contribution in [0, 0.1) is 5.92 Å². The maximum absolute atomic E-state index is 3.63. The molecule has 4 aliphatic rings. The van der Waals surface area contributed by atoms with Crippen LogP contribution in [0.1, 0.15) is 32.6 Å². The van der Waals surface area contributed by atoms with Gasteiger partial charge in [-0.05, 0) is 56.4 Å². The Kier molecular flexibility index (Phi) is 2.25. The summed E-state index contributed by atoms with van der Waals surface area (Å²) in [7, 11) is 2.28. The number of nitrogens with zero attached hydrogens (tertiary/aromatic N) is 1. The molecule has 4 rings (SSSR count). The van der Waals surface area contributed by atoms with Crippen LogP contribution in [0.5, 0.6) is 0 Å². The topological polar surface area (TPSA) is 15.3 Å². The first kappa shape index (κ1) is 10.9. The van der Waals surface area contributed by atoms with Crippen molar-refractivity contribution >= 4 is 0 Å². The normalized spacial score (nSPS) is 35.1. The van der Waals surface area contributed by atoms with Crippen LogP contribution in [-0.4, -0.2) is 31.1 Å². The van der Waals surface area contributed by atoms with Crippen LogP contribution in [0.2, 0.25) is 0 Å². The third-order valence-corrected chi connectivity index (χ3v) is 5.29. The summed E-state index contributed by atoms with van der Waals surface area (Å²) in [5.74, 6) is 0.779. The lowest BCUT2D eigenvalue weighted by Crippen LogP contribution is -2.38. The Hall–Kier alpha value is -1.02. The molecule has 0 spiro atoms. The Morgan fingerprint density at radius 1 is 1.28 bits per heavy atom. The van der Waals surface area contributed by atoms with Gasteiger partial charge in [0.05, 0.1) is 0 Å². The standard InChI is InChI=1S/C16H22N2/c1-10-6-11-7-12-8-17-15-5-3-4-13(16(12)15)14(11)9-18(10)2/h5,10,12,17H,3-4,6-9H2,1-2H3. The SMILES string of the molecule is CC1CC2=C(CN1C)C1=C3C(=CCC1)NCC3C2. The van der Waals surface area contributed by atoms with E-state index in [4.69, 9.17) is 0 Å². The van der Waals surface area contributed by atoms with Gasteiger partial charge in [0.2, 0.25) is 0 Å². The number of fused-ring (bicyclic) bond motifs is 1. The van der Waals surface area contributed by atoms with Crippen LogP contribution >= 0.6 is 0 Å². The van der Waals surface area contributed by atoms with Gasteiger partial charge in [0.1, 0.15) is 0 Å². The predicted octanol–water partition coefficient (Wildman–Crippen LogP) is 2.60. The van der Waals surface area contributed by atoms with Crippen molar-refractivity contribution in [2.24, 2.45) is 5.92 Å². The summed E-state index contributed by atoms with van der Waals surface area (Å²) >= 11 is 0. The van der Waals surface area contributed by atoms with E-state index in [0.29, 0.717) is 0 Å². The number of likely N-dealkylation sites (N-methyl/N-ethyl adjacent to an activating group) is 1. The Morgan fingerprint density at radius 2 is 2.17 bits per heavy atom. The highest BCUT2D eigenvalue weighted by molar-refractivity contribution is 5.56. The molecule has 2 heterocycles. The molecule has 1 saturated heterocycles. The second-order valence-electron chi connectivity index (χ2n) is 6.38. The molecule has 2 atom stereocenters. The van der Waals surface area contributed by atoms with Gasteiger partial charge in [-0.15, -0.1) is 0 Å². The van der Waals surface area contributed by atoms with Gasteiger partial charge in [0.15, 0.2) is 0 Å². The number of hydrogen-bond donors (Lipinski definition) is 1. The molecule has 0 aromatic rings. The monoisotopic (exact) mass is 242 g/mol. The zero-order valence-electron chi connectivity index (χ0n) is 11.4. The van der Waals surface area contributed by atoms with E-state index in [2.05, 4.69) is 30.3 Å². The molecular weight excluding hydrogens is 220 g/mol. The zero-order chi connectivity index (χ0) is 12.3. The lowest BCUT2D eigenvalue weighted by molar-refractivity contribution is 0.255. The molecule has 0 bridgehead atoms. The molecule has 2 unspecified atom stereocenters. The molecule has 0 aromatic heterocycles. The van der Waals surface area contributed by atoms with Gasteiger partial charge in [-0.1, -0.05) is 11.6 Å². The average Bonchev–Trinajstić information content (AvgIpc) is 2.77. The number of hydrogen-bond acceptors (Lipinski definition) is 2.